The molecule has 1 atom stereocenters. The second kappa shape index (κ2) is 5.38. The molecule has 3 nitrogen and oxygen atoms in total. The van der Waals surface area contributed by atoms with Gasteiger partial charge in [0.05, 0.1) is 24.3 Å². The number of nitrogens with one attached hydrogen (secondary N) is 1. The van der Waals surface area contributed by atoms with Crippen LogP contribution >= 0.6 is 0 Å². The van der Waals surface area contributed by atoms with Crippen molar-refractivity contribution in [2.24, 2.45) is 0 Å². The summed E-state index contributed by atoms with van der Waals surface area (Å²) in [6, 6.07) is 9.69. The predicted octanol–water partition coefficient (Wildman–Crippen LogP) is 2.16. The molecule has 0 aromatic heterocycles. The van der Waals surface area contributed by atoms with Crippen molar-refractivity contribution in [3.63, 3.8) is 0 Å². The highest BCUT2D eigenvalue weighted by molar-refractivity contribution is 5.32. The van der Waals surface area contributed by atoms with E-state index in [1.807, 2.05) is 26.0 Å². The molecule has 0 saturated heterocycles. The molecule has 0 saturated carbocycles. The normalized spacial score (nSPS) is 12.1. The van der Waals surface area contributed by atoms with Crippen molar-refractivity contribution in [3.8, 4) is 6.07 Å². The third kappa shape index (κ3) is 2.84. The first-order valence-electron chi connectivity index (χ1n) is 4.65. The third-order valence-corrected chi connectivity index (χ3v) is 1.94. The van der Waals surface area contributed by atoms with Crippen LogP contribution in [0, 0.1) is 11.3 Å². The van der Waals surface area contributed by atoms with Crippen molar-refractivity contribution in [1.82, 2.24) is 5.48 Å². The minimum atomic E-state index is 0.141. The van der Waals surface area contributed by atoms with E-state index < -0.39 is 0 Å². The zero-order chi connectivity index (χ0) is 10.4. The zero-order valence-electron chi connectivity index (χ0n) is 8.45. The van der Waals surface area contributed by atoms with Crippen LogP contribution in [0.1, 0.15) is 31.0 Å². The van der Waals surface area contributed by atoms with Gasteiger partial charge in [-0.15, -0.1) is 0 Å². The second-order valence-corrected chi connectivity index (χ2v) is 3.01. The molecule has 0 spiro atoms. The molecule has 0 fully saturated rings. The summed E-state index contributed by atoms with van der Waals surface area (Å²) in [7, 11) is 0. The Labute approximate surface area is 84.3 Å². The van der Waals surface area contributed by atoms with E-state index in [9.17, 15) is 0 Å². The van der Waals surface area contributed by atoms with E-state index in [2.05, 4.69) is 11.5 Å². The van der Waals surface area contributed by atoms with E-state index in [4.69, 9.17) is 10.1 Å². The lowest BCUT2D eigenvalue weighted by Gasteiger charge is -2.12. The van der Waals surface area contributed by atoms with E-state index in [0.29, 0.717) is 12.2 Å². The molecule has 0 amide bonds. The maximum atomic E-state index is 8.62. The van der Waals surface area contributed by atoms with Gasteiger partial charge in [0.15, 0.2) is 0 Å². The molecule has 0 bridgehead atoms. The number of benzene rings is 1. The first-order valence-corrected chi connectivity index (χ1v) is 4.65. The van der Waals surface area contributed by atoms with Crippen LogP contribution in [-0.4, -0.2) is 6.61 Å². The lowest BCUT2D eigenvalue weighted by Crippen LogP contribution is -2.18. The molecule has 1 rings (SSSR count). The topological polar surface area (TPSA) is 45.0 Å². The quantitative estimate of drug-likeness (QED) is 0.740. The van der Waals surface area contributed by atoms with E-state index >= 15 is 0 Å². The zero-order valence-corrected chi connectivity index (χ0v) is 8.45. The highest BCUT2D eigenvalue weighted by Crippen LogP contribution is 2.12. The molecular weight excluding hydrogens is 176 g/mol. The maximum absolute atomic E-state index is 8.62. The Morgan fingerprint density at radius 2 is 2.07 bits per heavy atom. The minimum absolute atomic E-state index is 0.141. The Balaban J connectivity index is 2.63. The van der Waals surface area contributed by atoms with Crippen molar-refractivity contribution in [2.45, 2.75) is 19.9 Å². The van der Waals surface area contributed by atoms with Crippen molar-refractivity contribution in [3.05, 3.63) is 35.4 Å². The number of hydroxylamine groups is 1. The summed E-state index contributed by atoms with van der Waals surface area (Å²) in [6.45, 7) is 4.58. The van der Waals surface area contributed by atoms with Crippen LogP contribution in [0.3, 0.4) is 0 Å². The first kappa shape index (κ1) is 10.7. The minimum Gasteiger partial charge on any atom is -0.302 e. The fraction of sp³-hybridized carbons (Fsp3) is 0.364. The number of nitrogens with zero attached hydrogens (tertiary/aromatic N) is 1. The van der Waals surface area contributed by atoms with Crippen molar-refractivity contribution in [2.75, 3.05) is 6.61 Å². The highest BCUT2D eigenvalue weighted by Gasteiger charge is 2.03. The Bertz CT molecular complexity index is 313. The average Bonchev–Trinajstić information content (AvgIpc) is 2.26. The van der Waals surface area contributed by atoms with Gasteiger partial charge in [-0.25, -0.2) is 0 Å². The molecule has 0 aliphatic rings. The van der Waals surface area contributed by atoms with Gasteiger partial charge in [0.25, 0.3) is 0 Å². The van der Waals surface area contributed by atoms with Crippen LogP contribution < -0.4 is 5.48 Å². The second-order valence-electron chi connectivity index (χ2n) is 3.01. The van der Waals surface area contributed by atoms with Gasteiger partial charge in [0.2, 0.25) is 0 Å². The van der Waals surface area contributed by atoms with Gasteiger partial charge < -0.3 is 4.84 Å². The smallest absolute Gasteiger partial charge is 0.0991 e. The van der Waals surface area contributed by atoms with Crippen LogP contribution in [0.5, 0.6) is 0 Å². The number of hydrogen-bond donors (Lipinski definition) is 1. The molecule has 74 valence electrons. The van der Waals surface area contributed by atoms with Crippen LogP contribution in [0.15, 0.2) is 24.3 Å². The maximum Gasteiger partial charge on any atom is 0.0991 e. The van der Waals surface area contributed by atoms with Crippen LogP contribution in [0.2, 0.25) is 0 Å². The Morgan fingerprint density at radius 3 is 2.57 bits per heavy atom. The van der Waals surface area contributed by atoms with E-state index in [1.165, 1.54) is 0 Å². The summed E-state index contributed by atoms with van der Waals surface area (Å²) in [5.41, 5.74) is 4.69. The van der Waals surface area contributed by atoms with Gasteiger partial charge in [0, 0.05) is 0 Å². The van der Waals surface area contributed by atoms with Gasteiger partial charge >= 0.3 is 0 Å². The van der Waals surface area contributed by atoms with Crippen molar-refractivity contribution in [1.29, 1.82) is 5.26 Å². The number of hydrogen-bond acceptors (Lipinski definition) is 3. The molecule has 0 aliphatic heterocycles. The number of rotatable bonds is 4. The van der Waals surface area contributed by atoms with Gasteiger partial charge in [0.1, 0.15) is 0 Å². The van der Waals surface area contributed by atoms with Gasteiger partial charge in [-0.05, 0) is 31.5 Å². The molecule has 1 unspecified atom stereocenters. The molecule has 1 aromatic rings. The molecule has 14 heavy (non-hydrogen) atoms. The molecule has 0 heterocycles. The van der Waals surface area contributed by atoms with Crippen LogP contribution in [0.4, 0.5) is 0 Å². The van der Waals surface area contributed by atoms with Crippen molar-refractivity contribution >= 4 is 0 Å². The molecular formula is C11H14N2O. The van der Waals surface area contributed by atoms with Gasteiger partial charge in [-0.1, -0.05) is 12.1 Å². The summed E-state index contributed by atoms with van der Waals surface area (Å²) < 4.78 is 0. The Hall–Kier alpha value is -1.37. The number of nitriles is 1. The summed E-state index contributed by atoms with van der Waals surface area (Å²) in [4.78, 5) is 5.09. The fourth-order valence-corrected chi connectivity index (χ4v) is 1.12. The predicted molar refractivity (Wildman–Crippen MR) is 54.3 cm³/mol. The SMILES string of the molecule is CCONC(C)c1ccc(C#N)cc1. The Kier molecular flexibility index (Phi) is 4.11. The first-order chi connectivity index (χ1) is 6.77. The summed E-state index contributed by atoms with van der Waals surface area (Å²) in [5, 5.41) is 8.62. The fourth-order valence-electron chi connectivity index (χ4n) is 1.12. The van der Waals surface area contributed by atoms with Crippen molar-refractivity contribution < 1.29 is 4.84 Å². The summed E-state index contributed by atoms with van der Waals surface area (Å²) in [6.07, 6.45) is 0. The molecule has 1 N–H and O–H groups in total. The van der Waals surface area contributed by atoms with Gasteiger partial charge in [-0.2, -0.15) is 10.7 Å². The highest BCUT2D eigenvalue weighted by atomic mass is 16.6. The standard InChI is InChI=1S/C11H14N2O/c1-3-14-13-9(2)11-6-4-10(8-12)5-7-11/h4-7,9,13H,3H2,1-2H3. The third-order valence-electron chi connectivity index (χ3n) is 1.94. The van der Waals surface area contributed by atoms with E-state index in [0.717, 1.165) is 5.56 Å². The monoisotopic (exact) mass is 190 g/mol. The lowest BCUT2D eigenvalue weighted by molar-refractivity contribution is 0.0285. The van der Waals surface area contributed by atoms with E-state index in [-0.39, 0.29) is 6.04 Å². The molecule has 0 aliphatic carbocycles. The largest absolute Gasteiger partial charge is 0.302 e. The average molecular weight is 190 g/mol. The Morgan fingerprint density at radius 1 is 1.43 bits per heavy atom. The lowest BCUT2D eigenvalue weighted by atomic mass is 10.1. The van der Waals surface area contributed by atoms with Crippen LogP contribution in [-0.2, 0) is 4.84 Å². The van der Waals surface area contributed by atoms with Crippen LogP contribution in [0.25, 0.3) is 0 Å². The molecule has 1 aromatic carbocycles. The van der Waals surface area contributed by atoms with Gasteiger partial charge in [-0.3, -0.25) is 0 Å². The van der Waals surface area contributed by atoms with E-state index in [1.54, 1.807) is 12.1 Å². The summed E-state index contributed by atoms with van der Waals surface area (Å²) in [5.74, 6) is 0. The molecule has 3 heteroatoms. The molecule has 0 radical (unpaired) electrons. The summed E-state index contributed by atoms with van der Waals surface area (Å²) >= 11 is 0.